The number of aromatic amines is 2. The van der Waals surface area contributed by atoms with Crippen LogP contribution in [0.3, 0.4) is 0 Å². The molecule has 1 heterocycles. The van der Waals surface area contributed by atoms with Crippen LogP contribution in [0.4, 0.5) is 0 Å². The van der Waals surface area contributed by atoms with E-state index in [0.717, 1.165) is 11.1 Å². The molecule has 98 valence electrons. The topological polar surface area (TPSA) is 81.2 Å². The second kappa shape index (κ2) is 5.62. The van der Waals surface area contributed by atoms with Gasteiger partial charge in [0.05, 0.1) is 6.54 Å². The first-order chi connectivity index (χ1) is 9.06. The molecule has 3 N–H and O–H groups in total. The number of aromatic hydroxyl groups is 1. The highest BCUT2D eigenvalue weighted by atomic mass is 32.1. The first-order valence-corrected chi connectivity index (χ1v) is 6.08. The van der Waals surface area contributed by atoms with Crippen molar-refractivity contribution in [2.24, 2.45) is 4.99 Å². The van der Waals surface area contributed by atoms with Crippen LogP contribution < -0.4 is 5.56 Å². The number of aryl methyl sites for hydroxylation is 1. The first-order valence-electron chi connectivity index (χ1n) is 5.67. The van der Waals surface area contributed by atoms with Crippen LogP contribution in [0.1, 0.15) is 16.7 Å². The molecule has 0 radical (unpaired) electrons. The molecule has 0 spiro atoms. The Hall–Kier alpha value is -2.21. The van der Waals surface area contributed by atoms with E-state index in [1.165, 1.54) is 6.21 Å². The summed E-state index contributed by atoms with van der Waals surface area (Å²) in [4.78, 5) is 20.6. The van der Waals surface area contributed by atoms with Crippen LogP contribution in [-0.2, 0) is 6.54 Å². The Labute approximate surface area is 114 Å². The number of hydrogen-bond donors (Lipinski definition) is 3. The van der Waals surface area contributed by atoms with Gasteiger partial charge >= 0.3 is 0 Å². The fourth-order valence-corrected chi connectivity index (χ4v) is 1.85. The predicted octanol–water partition coefficient (Wildman–Crippen LogP) is 2.07. The lowest BCUT2D eigenvalue weighted by Crippen LogP contribution is -2.13. The Balaban J connectivity index is 2.20. The Kier molecular flexibility index (Phi) is 3.91. The van der Waals surface area contributed by atoms with E-state index >= 15 is 0 Å². The fourth-order valence-electron chi connectivity index (χ4n) is 1.66. The minimum atomic E-state index is -0.464. The van der Waals surface area contributed by atoms with E-state index in [1.807, 2.05) is 31.2 Å². The molecular weight excluding hydrogens is 262 g/mol. The summed E-state index contributed by atoms with van der Waals surface area (Å²) in [5.41, 5.74) is 1.80. The number of aliphatic imine (C=N–C) groups is 1. The number of benzene rings is 1. The second-order valence-corrected chi connectivity index (χ2v) is 4.54. The van der Waals surface area contributed by atoms with Crippen molar-refractivity contribution in [2.75, 3.05) is 0 Å². The molecule has 1 aromatic heterocycles. The molecule has 0 aliphatic carbocycles. The second-order valence-electron chi connectivity index (χ2n) is 4.13. The number of nitrogens with zero attached hydrogens (tertiary/aromatic N) is 1. The molecule has 6 heteroatoms. The third-order valence-corrected chi connectivity index (χ3v) is 2.74. The SMILES string of the molecule is Cc1cccc(CN=Cc2c(O)[nH]c(=S)[nH]c2=O)c1. The van der Waals surface area contributed by atoms with Crippen LogP contribution >= 0.6 is 12.2 Å². The molecule has 1 aromatic carbocycles. The first kappa shape index (κ1) is 13.2. The van der Waals surface area contributed by atoms with E-state index in [2.05, 4.69) is 15.0 Å². The molecular formula is C13H13N3O2S. The lowest BCUT2D eigenvalue weighted by atomic mass is 10.1. The largest absolute Gasteiger partial charge is 0.494 e. The summed E-state index contributed by atoms with van der Waals surface area (Å²) in [5, 5.41) is 9.58. The molecule has 19 heavy (non-hydrogen) atoms. The van der Waals surface area contributed by atoms with Gasteiger partial charge in [-0.1, -0.05) is 29.8 Å². The molecule has 0 aliphatic heterocycles. The van der Waals surface area contributed by atoms with Gasteiger partial charge in [0.25, 0.3) is 5.56 Å². The zero-order valence-corrected chi connectivity index (χ0v) is 11.1. The average Bonchev–Trinajstić information content (AvgIpc) is 2.32. The van der Waals surface area contributed by atoms with Crippen LogP contribution in [0.5, 0.6) is 5.88 Å². The number of aromatic nitrogens is 2. The van der Waals surface area contributed by atoms with Gasteiger partial charge in [-0.3, -0.25) is 14.8 Å². The lowest BCUT2D eigenvalue weighted by molar-refractivity contribution is 0.449. The zero-order chi connectivity index (χ0) is 13.8. The summed E-state index contributed by atoms with van der Waals surface area (Å²) in [6.45, 7) is 2.44. The number of nitrogens with one attached hydrogen (secondary N) is 2. The van der Waals surface area contributed by atoms with E-state index < -0.39 is 5.56 Å². The van der Waals surface area contributed by atoms with Gasteiger partial charge in [-0.25, -0.2) is 0 Å². The van der Waals surface area contributed by atoms with Crippen LogP contribution in [0.15, 0.2) is 34.1 Å². The monoisotopic (exact) mass is 275 g/mol. The molecule has 2 rings (SSSR count). The average molecular weight is 275 g/mol. The highest BCUT2D eigenvalue weighted by Gasteiger charge is 2.03. The van der Waals surface area contributed by atoms with Gasteiger partial charge in [-0.05, 0) is 24.7 Å². The van der Waals surface area contributed by atoms with Gasteiger partial charge in [0, 0.05) is 6.21 Å². The van der Waals surface area contributed by atoms with E-state index in [9.17, 15) is 9.90 Å². The molecule has 0 fully saturated rings. The lowest BCUT2D eigenvalue weighted by Gasteiger charge is -1.99. The normalized spacial score (nSPS) is 11.0. The summed E-state index contributed by atoms with van der Waals surface area (Å²) >= 11 is 4.73. The fraction of sp³-hybridized carbons (Fsp3) is 0.154. The van der Waals surface area contributed by atoms with Crippen molar-refractivity contribution in [1.29, 1.82) is 0 Å². The summed E-state index contributed by atoms with van der Waals surface area (Å²) in [6, 6.07) is 7.91. The van der Waals surface area contributed by atoms with Crippen molar-refractivity contribution >= 4 is 18.4 Å². The maximum atomic E-state index is 11.6. The minimum Gasteiger partial charge on any atom is -0.494 e. The minimum absolute atomic E-state index is 0.0706. The zero-order valence-electron chi connectivity index (χ0n) is 10.3. The summed E-state index contributed by atoms with van der Waals surface area (Å²) in [5.74, 6) is -0.276. The van der Waals surface area contributed by atoms with Crippen molar-refractivity contribution < 1.29 is 5.11 Å². The number of rotatable bonds is 3. The molecule has 0 aliphatic rings. The maximum Gasteiger partial charge on any atom is 0.264 e. The summed E-state index contributed by atoms with van der Waals surface area (Å²) in [6.07, 6.45) is 1.34. The van der Waals surface area contributed by atoms with E-state index in [-0.39, 0.29) is 16.2 Å². The summed E-state index contributed by atoms with van der Waals surface area (Å²) < 4.78 is 0.0818. The smallest absolute Gasteiger partial charge is 0.264 e. The molecule has 0 saturated carbocycles. The molecule has 2 aromatic rings. The number of hydrogen-bond acceptors (Lipinski definition) is 4. The third kappa shape index (κ3) is 3.38. The van der Waals surface area contributed by atoms with Gasteiger partial charge < -0.3 is 10.1 Å². The Bertz CT molecular complexity index is 731. The van der Waals surface area contributed by atoms with Crippen molar-refractivity contribution in [3.8, 4) is 5.88 Å². The third-order valence-electron chi connectivity index (χ3n) is 2.54. The molecule has 5 nitrogen and oxygen atoms in total. The molecule has 0 atom stereocenters. The molecule has 0 amide bonds. The van der Waals surface area contributed by atoms with Crippen molar-refractivity contribution in [2.45, 2.75) is 13.5 Å². The Morgan fingerprint density at radius 3 is 2.89 bits per heavy atom. The van der Waals surface area contributed by atoms with Gasteiger partial charge in [-0.2, -0.15) is 0 Å². The molecule has 0 saturated heterocycles. The number of H-pyrrole nitrogens is 2. The standard InChI is InChI=1S/C13H13N3O2S/c1-8-3-2-4-9(5-8)6-14-7-10-11(17)15-13(19)16-12(10)18/h2-5,7H,6H2,1H3,(H3,15,16,17,18,19). The highest BCUT2D eigenvalue weighted by molar-refractivity contribution is 7.71. The molecule has 0 bridgehead atoms. The van der Waals surface area contributed by atoms with Crippen LogP contribution in [0, 0.1) is 11.7 Å². The van der Waals surface area contributed by atoms with Crippen LogP contribution in [0.25, 0.3) is 0 Å². The van der Waals surface area contributed by atoms with E-state index in [0.29, 0.717) is 6.54 Å². The van der Waals surface area contributed by atoms with Gasteiger partial charge in [0.1, 0.15) is 5.56 Å². The molecule has 0 unspecified atom stereocenters. The van der Waals surface area contributed by atoms with Crippen LogP contribution in [-0.4, -0.2) is 21.3 Å². The predicted molar refractivity (Wildman–Crippen MR) is 76.4 cm³/mol. The van der Waals surface area contributed by atoms with Gasteiger partial charge in [0.15, 0.2) is 4.77 Å². The van der Waals surface area contributed by atoms with Crippen molar-refractivity contribution in [3.63, 3.8) is 0 Å². The van der Waals surface area contributed by atoms with E-state index in [1.54, 1.807) is 0 Å². The Morgan fingerprint density at radius 2 is 2.21 bits per heavy atom. The van der Waals surface area contributed by atoms with Crippen molar-refractivity contribution in [3.05, 3.63) is 56.1 Å². The van der Waals surface area contributed by atoms with Crippen molar-refractivity contribution in [1.82, 2.24) is 9.97 Å². The maximum absolute atomic E-state index is 11.6. The van der Waals surface area contributed by atoms with Gasteiger partial charge in [0.2, 0.25) is 5.88 Å². The summed E-state index contributed by atoms with van der Waals surface area (Å²) in [7, 11) is 0. The highest BCUT2D eigenvalue weighted by Crippen LogP contribution is 2.07. The van der Waals surface area contributed by atoms with Crippen LogP contribution in [0.2, 0.25) is 0 Å². The quantitative estimate of drug-likeness (QED) is 0.592. The van der Waals surface area contributed by atoms with Gasteiger partial charge in [-0.15, -0.1) is 0 Å². The Morgan fingerprint density at radius 1 is 1.42 bits per heavy atom. The van der Waals surface area contributed by atoms with E-state index in [4.69, 9.17) is 12.2 Å².